The van der Waals surface area contributed by atoms with Gasteiger partial charge in [0.25, 0.3) is 0 Å². The van der Waals surface area contributed by atoms with Crippen LogP contribution < -0.4 is 15.5 Å². The maximum absolute atomic E-state index is 12.8. The molecule has 35 heavy (non-hydrogen) atoms. The van der Waals surface area contributed by atoms with Gasteiger partial charge in [0.15, 0.2) is 5.82 Å². The smallest absolute Gasteiger partial charge is 0.406 e. The van der Waals surface area contributed by atoms with E-state index in [1.165, 1.54) is 7.11 Å². The molecule has 2 aromatic rings. The Morgan fingerprint density at radius 3 is 2.71 bits per heavy atom. The maximum Gasteiger partial charge on any atom is 0.406 e. The molecular weight excluding hydrogens is 466 g/mol. The van der Waals surface area contributed by atoms with Crippen molar-refractivity contribution < 1.29 is 13.7 Å². The number of aromatic nitrogens is 4. The van der Waals surface area contributed by atoms with Crippen LogP contribution in [0.15, 0.2) is 23.4 Å². The Hall–Kier alpha value is -3.52. The predicted molar refractivity (Wildman–Crippen MR) is 132 cm³/mol. The van der Waals surface area contributed by atoms with Gasteiger partial charge in [-0.3, -0.25) is 4.21 Å². The van der Waals surface area contributed by atoms with Gasteiger partial charge in [0.2, 0.25) is 5.95 Å². The molecule has 1 fully saturated rings. The number of nitrogens with zero attached hydrogens (tertiary/aromatic N) is 5. The Bertz CT molecular complexity index is 1230. The van der Waals surface area contributed by atoms with E-state index in [2.05, 4.69) is 37.5 Å². The van der Waals surface area contributed by atoms with E-state index in [9.17, 15) is 9.00 Å². The van der Waals surface area contributed by atoms with E-state index in [0.29, 0.717) is 59.9 Å². The summed E-state index contributed by atoms with van der Waals surface area (Å²) < 4.78 is 17.5. The highest BCUT2D eigenvalue weighted by Gasteiger charge is 2.40. The molecule has 1 aliphatic carbocycles. The first-order valence-electron chi connectivity index (χ1n) is 11.6. The highest BCUT2D eigenvalue weighted by Crippen LogP contribution is 2.38. The fourth-order valence-corrected chi connectivity index (χ4v) is 5.85. The molecule has 2 N–H and O–H groups in total. The Labute approximate surface area is 206 Å². The molecule has 1 atom stereocenters. The van der Waals surface area contributed by atoms with Crippen LogP contribution in [0.1, 0.15) is 42.8 Å². The molecule has 1 saturated carbocycles. The number of rotatable bonds is 6. The maximum atomic E-state index is 12.8. The van der Waals surface area contributed by atoms with Crippen LogP contribution >= 0.6 is 0 Å². The van der Waals surface area contributed by atoms with Crippen molar-refractivity contribution in [3.63, 3.8) is 0 Å². The Morgan fingerprint density at radius 1 is 1.29 bits per heavy atom. The van der Waals surface area contributed by atoms with Crippen LogP contribution in [0.2, 0.25) is 0 Å². The van der Waals surface area contributed by atoms with E-state index in [0.717, 1.165) is 37.0 Å². The van der Waals surface area contributed by atoms with Crippen molar-refractivity contribution in [1.82, 2.24) is 25.3 Å². The number of fused-ring (bicyclic) bond motifs is 1. The second kappa shape index (κ2) is 9.62. The molecule has 2 aliphatic heterocycles. The SMILES string of the molecule is C#Cc1cnc(C2=CCN(c3nc4c(c(NC5(CNC(=O)OC)CCC5)n3)S(=O)CC4)CC2)nc1. The molecule has 0 spiro atoms. The second-order valence-corrected chi connectivity index (χ2v) is 10.4. The third-order valence-electron chi connectivity index (χ3n) is 6.72. The van der Waals surface area contributed by atoms with E-state index < -0.39 is 16.9 Å². The fraction of sp³-hybridized carbons (Fsp3) is 0.458. The number of hydrogen-bond donors (Lipinski definition) is 2. The van der Waals surface area contributed by atoms with Crippen molar-refractivity contribution in [3.05, 3.63) is 35.6 Å². The molecule has 10 nitrogen and oxygen atoms in total. The number of amides is 1. The number of nitrogens with one attached hydrogen (secondary N) is 2. The third kappa shape index (κ3) is 4.71. The largest absolute Gasteiger partial charge is 0.453 e. The van der Waals surface area contributed by atoms with Gasteiger partial charge in [0, 0.05) is 44.2 Å². The van der Waals surface area contributed by atoms with Crippen LogP contribution in [0.25, 0.3) is 5.57 Å². The van der Waals surface area contributed by atoms with Gasteiger partial charge in [0.05, 0.1) is 34.7 Å². The molecule has 1 unspecified atom stereocenters. The summed E-state index contributed by atoms with van der Waals surface area (Å²) in [4.78, 5) is 32.8. The van der Waals surface area contributed by atoms with E-state index in [1.807, 2.05) is 0 Å². The number of carbonyl (C=O) groups excluding carboxylic acids is 1. The molecule has 182 valence electrons. The lowest BCUT2D eigenvalue weighted by molar-refractivity contribution is 0.163. The van der Waals surface area contributed by atoms with Crippen LogP contribution in [0.5, 0.6) is 0 Å². The van der Waals surface area contributed by atoms with Crippen molar-refractivity contribution in [2.75, 3.05) is 42.7 Å². The van der Waals surface area contributed by atoms with Gasteiger partial charge in [0.1, 0.15) is 10.7 Å². The quantitative estimate of drug-likeness (QED) is 0.581. The summed E-state index contributed by atoms with van der Waals surface area (Å²) in [7, 11) is 0.204. The van der Waals surface area contributed by atoms with E-state index >= 15 is 0 Å². The summed E-state index contributed by atoms with van der Waals surface area (Å²) in [5.74, 6) is 4.98. The zero-order valence-corrected chi connectivity index (χ0v) is 20.4. The Morgan fingerprint density at radius 2 is 2.09 bits per heavy atom. The van der Waals surface area contributed by atoms with E-state index in [1.54, 1.807) is 12.4 Å². The molecule has 5 rings (SSSR count). The molecule has 1 amide bonds. The zero-order valence-electron chi connectivity index (χ0n) is 19.5. The first-order chi connectivity index (χ1) is 17.0. The molecular formula is C24H27N7O3S. The molecule has 2 aromatic heterocycles. The number of alkyl carbamates (subject to hydrolysis) is 1. The highest BCUT2D eigenvalue weighted by atomic mass is 32.2. The van der Waals surface area contributed by atoms with Crippen LogP contribution in [0.3, 0.4) is 0 Å². The fourth-order valence-electron chi connectivity index (χ4n) is 4.55. The van der Waals surface area contributed by atoms with Crippen molar-refractivity contribution in [2.45, 2.75) is 42.5 Å². The summed E-state index contributed by atoms with van der Waals surface area (Å²) in [5.41, 5.74) is 2.21. The molecule has 0 bridgehead atoms. The first kappa shape index (κ1) is 23.2. The molecule has 11 heteroatoms. The van der Waals surface area contributed by atoms with Crippen LogP contribution in [0, 0.1) is 12.3 Å². The number of anilines is 2. The van der Waals surface area contributed by atoms with Crippen LogP contribution in [-0.4, -0.2) is 68.3 Å². The van der Waals surface area contributed by atoms with Crippen molar-refractivity contribution >= 4 is 34.2 Å². The Kier molecular flexibility index (Phi) is 6.38. The standard InChI is InChI=1S/C24H27N7O3S/c1-3-16-13-25-20(26-14-16)17-5-10-31(11-6-17)22-28-18-7-12-35(33)19(18)21(29-22)30-24(8-4-9-24)15-27-23(32)34-2/h1,5,13-14H,4,6-12,15H2,2H3,(H,27,32)(H,28,29,30). The first-order valence-corrected chi connectivity index (χ1v) is 12.9. The van der Waals surface area contributed by atoms with Crippen molar-refractivity contribution in [1.29, 1.82) is 0 Å². The number of aryl methyl sites for hydroxylation is 1. The minimum absolute atomic E-state index is 0.336. The van der Waals surface area contributed by atoms with Crippen molar-refractivity contribution in [2.24, 2.45) is 0 Å². The molecule has 4 heterocycles. The number of methoxy groups -OCH3 is 1. The molecule has 3 aliphatic rings. The Balaban J connectivity index is 1.38. The van der Waals surface area contributed by atoms with Gasteiger partial charge in [-0.05, 0) is 31.3 Å². The summed E-state index contributed by atoms with van der Waals surface area (Å²) in [5, 5.41) is 6.33. The van der Waals surface area contributed by atoms with Gasteiger partial charge in [-0.1, -0.05) is 12.0 Å². The van der Waals surface area contributed by atoms with Gasteiger partial charge < -0.3 is 20.3 Å². The number of carbonyl (C=O) groups is 1. The van der Waals surface area contributed by atoms with Crippen LogP contribution in [0.4, 0.5) is 16.6 Å². The summed E-state index contributed by atoms with van der Waals surface area (Å²) in [6.45, 7) is 1.74. The summed E-state index contributed by atoms with van der Waals surface area (Å²) >= 11 is 0. The lowest BCUT2D eigenvalue weighted by Crippen LogP contribution is -2.54. The van der Waals surface area contributed by atoms with Gasteiger partial charge in [-0.25, -0.2) is 19.7 Å². The highest BCUT2D eigenvalue weighted by molar-refractivity contribution is 7.85. The lowest BCUT2D eigenvalue weighted by Gasteiger charge is -2.43. The molecule has 0 aromatic carbocycles. The van der Waals surface area contributed by atoms with Gasteiger partial charge >= 0.3 is 6.09 Å². The zero-order chi connectivity index (χ0) is 24.4. The normalized spacial score (nSPS) is 20.2. The second-order valence-electron chi connectivity index (χ2n) is 8.92. The van der Waals surface area contributed by atoms with E-state index in [-0.39, 0.29) is 5.54 Å². The van der Waals surface area contributed by atoms with Crippen molar-refractivity contribution in [3.8, 4) is 12.3 Å². The minimum atomic E-state index is -1.14. The monoisotopic (exact) mass is 493 g/mol. The topological polar surface area (TPSA) is 122 Å². The molecule has 0 radical (unpaired) electrons. The average Bonchev–Trinajstić information content (AvgIpc) is 3.26. The van der Waals surface area contributed by atoms with Gasteiger partial charge in [-0.2, -0.15) is 4.98 Å². The third-order valence-corrected chi connectivity index (χ3v) is 8.18. The average molecular weight is 494 g/mol. The summed E-state index contributed by atoms with van der Waals surface area (Å²) in [6, 6.07) is 0. The van der Waals surface area contributed by atoms with Gasteiger partial charge in [-0.15, -0.1) is 6.42 Å². The van der Waals surface area contributed by atoms with E-state index in [4.69, 9.17) is 21.1 Å². The lowest BCUT2D eigenvalue weighted by atomic mass is 9.76. The minimum Gasteiger partial charge on any atom is -0.453 e. The van der Waals surface area contributed by atoms with Crippen LogP contribution in [-0.2, 0) is 22.0 Å². The number of hydrogen-bond acceptors (Lipinski definition) is 9. The number of terminal acetylenes is 1. The predicted octanol–water partition coefficient (Wildman–Crippen LogP) is 1.90. The summed E-state index contributed by atoms with van der Waals surface area (Å²) in [6.07, 6.45) is 14.5. The number of ether oxygens (including phenoxy) is 1. The molecule has 0 saturated heterocycles.